The first-order valence-electron chi connectivity index (χ1n) is 9.75. The first-order valence-corrected chi connectivity index (χ1v) is 11.6. The summed E-state index contributed by atoms with van der Waals surface area (Å²) >= 11 is 6.39. The highest BCUT2D eigenvalue weighted by atomic mass is 35.5. The first-order chi connectivity index (χ1) is 14.8. The summed E-state index contributed by atoms with van der Waals surface area (Å²) in [7, 11) is -2.66. The molecule has 2 aliphatic rings. The number of ether oxygens (including phenoxy) is 1. The number of hydrogen-bond donors (Lipinski definition) is 1. The number of halogens is 1. The molecule has 0 radical (unpaired) electrons. The van der Waals surface area contributed by atoms with Gasteiger partial charge in [-0.25, -0.2) is 4.79 Å². The van der Waals surface area contributed by atoms with E-state index in [2.05, 4.69) is 14.5 Å². The van der Waals surface area contributed by atoms with Gasteiger partial charge in [0.05, 0.1) is 28.9 Å². The van der Waals surface area contributed by atoms with Gasteiger partial charge in [0.25, 0.3) is 15.9 Å². The monoisotopic (exact) mass is 461 g/mol. The van der Waals surface area contributed by atoms with E-state index in [1.165, 1.54) is 31.4 Å². The molecule has 0 aliphatic carbocycles. The van der Waals surface area contributed by atoms with Gasteiger partial charge in [0.2, 0.25) is 0 Å². The SMILES string of the molecule is COC(=O)c1ccc(NC(=O)c2cc3c(cc2Cl)N2CCCCCC2=NS3(=O)=O)cc1. The summed E-state index contributed by atoms with van der Waals surface area (Å²) in [6.07, 6.45) is 3.37. The van der Waals surface area contributed by atoms with E-state index in [0.29, 0.717) is 35.7 Å². The Bertz CT molecular complexity index is 1190. The molecule has 162 valence electrons. The number of nitrogens with zero attached hydrogens (tertiary/aromatic N) is 2. The summed E-state index contributed by atoms with van der Waals surface area (Å²) in [4.78, 5) is 26.2. The van der Waals surface area contributed by atoms with Crippen molar-refractivity contribution in [1.82, 2.24) is 0 Å². The third-order valence-electron chi connectivity index (χ3n) is 5.25. The molecule has 1 N–H and O–H groups in total. The molecule has 2 aromatic rings. The molecule has 2 heterocycles. The standard InChI is InChI=1S/C21H20ClN3O5S/c1-30-21(27)13-6-8-14(9-7-13)23-20(26)15-11-18-17(12-16(15)22)25-10-4-2-3-5-19(25)24-31(18,28)29/h6-9,11-12H,2-5,10H2,1H3,(H,23,26). The maximum atomic E-state index is 12.8. The molecule has 2 aliphatic heterocycles. The molecule has 2 aromatic carbocycles. The lowest BCUT2D eigenvalue weighted by Crippen LogP contribution is -2.35. The molecule has 0 aromatic heterocycles. The van der Waals surface area contributed by atoms with Crippen LogP contribution in [0.25, 0.3) is 0 Å². The van der Waals surface area contributed by atoms with Crippen LogP contribution in [-0.2, 0) is 14.8 Å². The van der Waals surface area contributed by atoms with Crippen molar-refractivity contribution >= 4 is 50.7 Å². The summed E-state index contributed by atoms with van der Waals surface area (Å²) in [5.74, 6) is -0.544. The van der Waals surface area contributed by atoms with E-state index in [1.807, 2.05) is 4.90 Å². The second-order valence-electron chi connectivity index (χ2n) is 7.27. The van der Waals surface area contributed by atoms with Crippen LogP contribution in [0.5, 0.6) is 0 Å². The van der Waals surface area contributed by atoms with E-state index >= 15 is 0 Å². The van der Waals surface area contributed by atoms with Gasteiger partial charge in [-0.2, -0.15) is 8.42 Å². The van der Waals surface area contributed by atoms with Crippen LogP contribution < -0.4 is 10.2 Å². The minimum atomic E-state index is -3.94. The van der Waals surface area contributed by atoms with Crippen LogP contribution in [0.15, 0.2) is 45.7 Å². The number of benzene rings is 2. The Morgan fingerprint density at radius 2 is 1.87 bits per heavy atom. The van der Waals surface area contributed by atoms with Crippen LogP contribution in [0.2, 0.25) is 5.02 Å². The first kappa shape index (κ1) is 21.3. The summed E-state index contributed by atoms with van der Waals surface area (Å²) in [6, 6.07) is 8.90. The zero-order valence-corrected chi connectivity index (χ0v) is 18.3. The highest BCUT2D eigenvalue weighted by Gasteiger charge is 2.33. The molecule has 8 nitrogen and oxygen atoms in total. The smallest absolute Gasteiger partial charge is 0.337 e. The number of anilines is 2. The van der Waals surface area contributed by atoms with Gasteiger partial charge in [-0.05, 0) is 49.2 Å². The van der Waals surface area contributed by atoms with Crippen LogP contribution in [0.1, 0.15) is 46.4 Å². The van der Waals surface area contributed by atoms with Crippen molar-refractivity contribution in [3.8, 4) is 0 Å². The topological polar surface area (TPSA) is 105 Å². The fourth-order valence-corrected chi connectivity index (χ4v) is 5.19. The van der Waals surface area contributed by atoms with E-state index in [4.69, 9.17) is 11.6 Å². The van der Waals surface area contributed by atoms with Crippen molar-refractivity contribution < 1.29 is 22.7 Å². The minimum absolute atomic E-state index is 0.0227. The van der Waals surface area contributed by atoms with Crippen LogP contribution in [-0.4, -0.2) is 39.8 Å². The Kier molecular flexibility index (Phi) is 5.72. The maximum absolute atomic E-state index is 12.8. The quantitative estimate of drug-likeness (QED) is 0.696. The average Bonchev–Trinajstić information content (AvgIpc) is 2.98. The van der Waals surface area contributed by atoms with Crippen molar-refractivity contribution in [1.29, 1.82) is 0 Å². The highest BCUT2D eigenvalue weighted by Crippen LogP contribution is 2.38. The number of sulfonamides is 1. The molecule has 31 heavy (non-hydrogen) atoms. The van der Waals surface area contributed by atoms with E-state index in [0.717, 1.165) is 19.3 Å². The largest absolute Gasteiger partial charge is 0.465 e. The Balaban J connectivity index is 1.66. The number of amides is 1. The van der Waals surface area contributed by atoms with Crippen molar-refractivity contribution in [3.63, 3.8) is 0 Å². The Morgan fingerprint density at radius 1 is 1.13 bits per heavy atom. The number of rotatable bonds is 3. The summed E-state index contributed by atoms with van der Waals surface area (Å²) in [5.41, 5.74) is 1.23. The van der Waals surface area contributed by atoms with Crippen molar-refractivity contribution in [2.24, 2.45) is 4.40 Å². The zero-order valence-electron chi connectivity index (χ0n) is 16.7. The van der Waals surface area contributed by atoms with Crippen LogP contribution in [0.3, 0.4) is 0 Å². The van der Waals surface area contributed by atoms with E-state index in [-0.39, 0.29) is 15.5 Å². The number of nitrogens with one attached hydrogen (secondary N) is 1. The molecule has 0 unspecified atom stereocenters. The number of carbonyl (C=O) groups is 2. The van der Waals surface area contributed by atoms with Crippen molar-refractivity contribution in [2.75, 3.05) is 23.9 Å². The lowest BCUT2D eigenvalue weighted by molar-refractivity contribution is 0.0600. The average molecular weight is 462 g/mol. The molecule has 1 saturated heterocycles. The van der Waals surface area contributed by atoms with Crippen LogP contribution in [0, 0.1) is 0 Å². The predicted molar refractivity (Wildman–Crippen MR) is 118 cm³/mol. The Morgan fingerprint density at radius 3 is 2.58 bits per heavy atom. The molecule has 0 bridgehead atoms. The summed E-state index contributed by atoms with van der Waals surface area (Å²) in [5, 5.41) is 2.81. The van der Waals surface area contributed by atoms with Crippen molar-refractivity contribution in [3.05, 3.63) is 52.5 Å². The van der Waals surface area contributed by atoms with Crippen LogP contribution in [0.4, 0.5) is 11.4 Å². The van der Waals surface area contributed by atoms with Gasteiger partial charge < -0.3 is 15.0 Å². The van der Waals surface area contributed by atoms with Gasteiger partial charge in [0.1, 0.15) is 10.7 Å². The van der Waals surface area contributed by atoms with Crippen molar-refractivity contribution in [2.45, 2.75) is 30.6 Å². The molecule has 1 fully saturated rings. The van der Waals surface area contributed by atoms with Gasteiger partial charge in [0, 0.05) is 18.7 Å². The normalized spacial score (nSPS) is 17.0. The van der Waals surface area contributed by atoms with E-state index in [9.17, 15) is 18.0 Å². The molecule has 10 heteroatoms. The van der Waals surface area contributed by atoms with Gasteiger partial charge in [-0.1, -0.05) is 18.0 Å². The molecule has 1 amide bonds. The summed E-state index contributed by atoms with van der Waals surface area (Å²) in [6.45, 7) is 0.649. The summed E-state index contributed by atoms with van der Waals surface area (Å²) < 4.78 is 34.2. The number of methoxy groups -OCH3 is 1. The third-order valence-corrected chi connectivity index (χ3v) is 6.89. The molecule has 0 spiro atoms. The Labute approximate surface area is 184 Å². The van der Waals surface area contributed by atoms with Crippen LogP contribution >= 0.6 is 11.6 Å². The van der Waals surface area contributed by atoms with Gasteiger partial charge >= 0.3 is 5.97 Å². The molecule has 0 saturated carbocycles. The number of fused-ring (bicyclic) bond motifs is 3. The van der Waals surface area contributed by atoms with Gasteiger partial charge in [-0.3, -0.25) is 4.79 Å². The second-order valence-corrected chi connectivity index (χ2v) is 9.25. The number of carbonyl (C=O) groups excluding carboxylic acids is 2. The lowest BCUT2D eigenvalue weighted by atomic mass is 10.1. The lowest BCUT2D eigenvalue weighted by Gasteiger charge is -2.30. The number of hydrogen-bond acceptors (Lipinski definition) is 6. The fourth-order valence-electron chi connectivity index (χ4n) is 3.68. The highest BCUT2D eigenvalue weighted by molar-refractivity contribution is 7.90. The molecule has 4 rings (SSSR count). The van der Waals surface area contributed by atoms with Gasteiger partial charge in [0.15, 0.2) is 0 Å². The minimum Gasteiger partial charge on any atom is -0.465 e. The molecular weight excluding hydrogens is 442 g/mol. The van der Waals surface area contributed by atoms with Gasteiger partial charge in [-0.15, -0.1) is 4.40 Å². The Hall–Kier alpha value is -2.91. The molecular formula is C21H20ClN3O5S. The predicted octanol–water partition coefficient (Wildman–Crippen LogP) is 3.86. The molecule has 0 atom stereocenters. The second kappa shape index (κ2) is 8.32. The third kappa shape index (κ3) is 4.15. The zero-order chi connectivity index (χ0) is 22.2. The number of esters is 1. The van der Waals surface area contributed by atoms with E-state index < -0.39 is 21.9 Å². The maximum Gasteiger partial charge on any atom is 0.337 e. The van der Waals surface area contributed by atoms with E-state index in [1.54, 1.807) is 12.1 Å². The fraction of sp³-hybridized carbons (Fsp3) is 0.286. The number of amidine groups is 1.